The van der Waals surface area contributed by atoms with E-state index in [0.29, 0.717) is 5.56 Å². The van der Waals surface area contributed by atoms with E-state index in [-0.39, 0.29) is 12.2 Å². The molecule has 82 valence electrons. The molecular formula is C10H11F3N2. The molecule has 1 aromatic rings. The second-order valence-electron chi connectivity index (χ2n) is 2.98. The van der Waals surface area contributed by atoms with E-state index in [1.807, 2.05) is 0 Å². The van der Waals surface area contributed by atoms with Crippen LogP contribution in [0.15, 0.2) is 24.3 Å². The third-order valence-corrected chi connectivity index (χ3v) is 1.83. The lowest BCUT2D eigenvalue weighted by molar-refractivity contribution is -0.136. The molecule has 4 N–H and O–H groups in total. The first-order valence-electron chi connectivity index (χ1n) is 4.28. The molecule has 2 nitrogen and oxygen atoms in total. The Bertz CT molecular complexity index is 369. The molecule has 0 radical (unpaired) electrons. The van der Waals surface area contributed by atoms with Crippen LogP contribution in [0.4, 0.5) is 18.9 Å². The monoisotopic (exact) mass is 216 g/mol. The Labute approximate surface area is 85.4 Å². The summed E-state index contributed by atoms with van der Waals surface area (Å²) in [5.74, 6) is 0. The Morgan fingerprint density at radius 2 is 1.93 bits per heavy atom. The van der Waals surface area contributed by atoms with Gasteiger partial charge in [0.15, 0.2) is 0 Å². The summed E-state index contributed by atoms with van der Waals surface area (Å²) >= 11 is 0. The van der Waals surface area contributed by atoms with Crippen molar-refractivity contribution in [2.45, 2.75) is 6.18 Å². The van der Waals surface area contributed by atoms with Gasteiger partial charge in [-0.1, -0.05) is 18.2 Å². The minimum absolute atomic E-state index is 0.271. The first-order chi connectivity index (χ1) is 6.95. The van der Waals surface area contributed by atoms with Gasteiger partial charge in [-0.25, -0.2) is 0 Å². The quantitative estimate of drug-likeness (QED) is 0.745. The predicted molar refractivity (Wildman–Crippen MR) is 53.9 cm³/mol. The van der Waals surface area contributed by atoms with Crippen molar-refractivity contribution in [3.05, 3.63) is 35.4 Å². The smallest absolute Gasteiger partial charge is 0.398 e. The largest absolute Gasteiger partial charge is 0.418 e. The van der Waals surface area contributed by atoms with Crippen molar-refractivity contribution in [1.82, 2.24) is 0 Å². The van der Waals surface area contributed by atoms with Crippen molar-refractivity contribution in [1.29, 1.82) is 0 Å². The molecular weight excluding hydrogens is 205 g/mol. The van der Waals surface area contributed by atoms with Crippen molar-refractivity contribution in [3.63, 3.8) is 0 Å². The summed E-state index contributed by atoms with van der Waals surface area (Å²) in [5.41, 5.74) is 9.78. The maximum atomic E-state index is 12.4. The van der Waals surface area contributed by atoms with Gasteiger partial charge in [-0.3, -0.25) is 0 Å². The molecule has 0 unspecified atom stereocenters. The first kappa shape index (κ1) is 11.6. The zero-order valence-electron chi connectivity index (χ0n) is 7.88. The fraction of sp³-hybridized carbons (Fsp3) is 0.200. The zero-order chi connectivity index (χ0) is 11.5. The van der Waals surface area contributed by atoms with Crippen LogP contribution in [0.1, 0.15) is 11.1 Å². The van der Waals surface area contributed by atoms with Gasteiger partial charge in [-0.2, -0.15) is 13.2 Å². The number of halogens is 3. The number of hydrogen-bond donors (Lipinski definition) is 2. The Morgan fingerprint density at radius 1 is 1.27 bits per heavy atom. The summed E-state index contributed by atoms with van der Waals surface area (Å²) in [7, 11) is 0. The highest BCUT2D eigenvalue weighted by molar-refractivity contribution is 5.58. The van der Waals surface area contributed by atoms with E-state index in [0.717, 1.165) is 6.07 Å². The average Bonchev–Trinajstić information content (AvgIpc) is 2.15. The van der Waals surface area contributed by atoms with E-state index in [4.69, 9.17) is 11.5 Å². The van der Waals surface area contributed by atoms with E-state index in [2.05, 4.69) is 0 Å². The molecule has 0 aliphatic carbocycles. The third-order valence-electron chi connectivity index (χ3n) is 1.83. The normalized spacial score (nSPS) is 12.3. The number of hydrogen-bond acceptors (Lipinski definition) is 2. The maximum absolute atomic E-state index is 12.4. The molecule has 0 bridgehead atoms. The van der Waals surface area contributed by atoms with Gasteiger partial charge in [0.25, 0.3) is 0 Å². The maximum Gasteiger partial charge on any atom is 0.418 e. The summed E-state index contributed by atoms with van der Waals surface area (Å²) in [6, 6.07) is 3.75. The molecule has 0 fully saturated rings. The van der Waals surface area contributed by atoms with Crippen molar-refractivity contribution in [2.75, 3.05) is 12.3 Å². The highest BCUT2D eigenvalue weighted by Gasteiger charge is 2.32. The summed E-state index contributed by atoms with van der Waals surface area (Å²) < 4.78 is 37.3. The van der Waals surface area contributed by atoms with Gasteiger partial charge in [0.05, 0.1) is 5.56 Å². The molecule has 15 heavy (non-hydrogen) atoms. The molecule has 0 aromatic heterocycles. The highest BCUT2D eigenvalue weighted by atomic mass is 19.4. The predicted octanol–water partition coefficient (Wildman–Crippen LogP) is 2.26. The second-order valence-corrected chi connectivity index (χ2v) is 2.98. The van der Waals surface area contributed by atoms with Crippen LogP contribution in [0.2, 0.25) is 0 Å². The molecule has 5 heteroatoms. The molecule has 0 atom stereocenters. The number of benzene rings is 1. The third kappa shape index (κ3) is 2.99. The molecule has 0 heterocycles. The Hall–Kier alpha value is -1.49. The van der Waals surface area contributed by atoms with Gasteiger partial charge in [-0.15, -0.1) is 0 Å². The molecule has 0 aliphatic rings. The topological polar surface area (TPSA) is 52.0 Å². The van der Waals surface area contributed by atoms with E-state index in [1.165, 1.54) is 18.2 Å². The second kappa shape index (κ2) is 4.35. The SMILES string of the molecule is NCC=Cc1ccc(N)c(C(F)(F)F)c1. The zero-order valence-corrected chi connectivity index (χ0v) is 7.88. The van der Waals surface area contributed by atoms with Gasteiger partial charge >= 0.3 is 6.18 Å². The van der Waals surface area contributed by atoms with Gasteiger partial charge in [0.1, 0.15) is 0 Å². The van der Waals surface area contributed by atoms with Crippen molar-refractivity contribution < 1.29 is 13.2 Å². The van der Waals surface area contributed by atoms with Gasteiger partial charge in [0, 0.05) is 12.2 Å². The Morgan fingerprint density at radius 3 is 2.47 bits per heavy atom. The lowest BCUT2D eigenvalue weighted by Crippen LogP contribution is -2.08. The van der Waals surface area contributed by atoms with Gasteiger partial charge < -0.3 is 11.5 Å². The van der Waals surface area contributed by atoms with E-state index in [1.54, 1.807) is 6.08 Å². The molecule has 0 saturated carbocycles. The van der Waals surface area contributed by atoms with Crippen LogP contribution >= 0.6 is 0 Å². The van der Waals surface area contributed by atoms with Crippen LogP contribution in [0.25, 0.3) is 6.08 Å². The minimum Gasteiger partial charge on any atom is -0.398 e. The Balaban J connectivity index is 3.11. The first-order valence-corrected chi connectivity index (χ1v) is 4.28. The summed E-state index contributed by atoms with van der Waals surface area (Å²) in [5, 5.41) is 0. The molecule has 0 saturated heterocycles. The summed E-state index contributed by atoms with van der Waals surface area (Å²) in [6.45, 7) is 0.283. The van der Waals surface area contributed by atoms with Gasteiger partial charge in [-0.05, 0) is 17.7 Å². The fourth-order valence-electron chi connectivity index (χ4n) is 1.13. The van der Waals surface area contributed by atoms with Crippen LogP contribution in [0.5, 0.6) is 0 Å². The average molecular weight is 216 g/mol. The van der Waals surface area contributed by atoms with Crippen molar-refractivity contribution >= 4 is 11.8 Å². The van der Waals surface area contributed by atoms with Crippen LogP contribution in [-0.4, -0.2) is 6.54 Å². The van der Waals surface area contributed by atoms with Crippen LogP contribution in [0, 0.1) is 0 Å². The summed E-state index contributed by atoms with van der Waals surface area (Å²) in [6.07, 6.45) is -1.32. The molecule has 0 amide bonds. The number of alkyl halides is 3. The lowest BCUT2D eigenvalue weighted by atomic mass is 10.1. The van der Waals surface area contributed by atoms with Crippen molar-refractivity contribution in [2.24, 2.45) is 5.73 Å². The summed E-state index contributed by atoms with van der Waals surface area (Å²) in [4.78, 5) is 0. The van der Waals surface area contributed by atoms with E-state index >= 15 is 0 Å². The van der Waals surface area contributed by atoms with E-state index < -0.39 is 11.7 Å². The van der Waals surface area contributed by atoms with Gasteiger partial charge in [0.2, 0.25) is 0 Å². The molecule has 1 rings (SSSR count). The highest BCUT2D eigenvalue weighted by Crippen LogP contribution is 2.34. The standard InChI is InChI=1S/C10H11F3N2/c11-10(12,13)8-6-7(2-1-5-14)3-4-9(8)15/h1-4,6H,5,14-15H2. The fourth-order valence-corrected chi connectivity index (χ4v) is 1.13. The molecule has 1 aromatic carbocycles. The molecule has 0 spiro atoms. The van der Waals surface area contributed by atoms with Crippen LogP contribution in [-0.2, 0) is 6.18 Å². The Kier molecular flexibility index (Phi) is 3.36. The molecule has 0 aliphatic heterocycles. The minimum atomic E-state index is -4.42. The van der Waals surface area contributed by atoms with Crippen LogP contribution in [0.3, 0.4) is 0 Å². The van der Waals surface area contributed by atoms with Crippen LogP contribution < -0.4 is 11.5 Å². The lowest BCUT2D eigenvalue weighted by Gasteiger charge is -2.10. The van der Waals surface area contributed by atoms with E-state index in [9.17, 15) is 13.2 Å². The number of nitrogens with two attached hydrogens (primary N) is 2. The van der Waals surface area contributed by atoms with Crippen molar-refractivity contribution in [3.8, 4) is 0 Å². The number of anilines is 1. The number of rotatable bonds is 2. The number of nitrogen functional groups attached to an aromatic ring is 1.